The van der Waals surface area contributed by atoms with Crippen LogP contribution in [-0.2, 0) is 4.79 Å². The zero-order valence-electron chi connectivity index (χ0n) is 9.64. The van der Waals surface area contributed by atoms with Crippen LogP contribution in [0.15, 0.2) is 18.2 Å². The molecular weight excluding hydrogens is 207 g/mol. The number of nitrogens with one attached hydrogen (secondary N) is 2. The quantitative estimate of drug-likeness (QED) is 0.752. The summed E-state index contributed by atoms with van der Waals surface area (Å²) in [4.78, 5) is 10.9. The number of carbonyl (C=O) groups is 1. The van der Waals surface area contributed by atoms with Crippen LogP contribution in [0.25, 0.3) is 0 Å². The number of anilines is 1. The first-order chi connectivity index (χ1) is 7.63. The lowest BCUT2D eigenvalue weighted by Crippen LogP contribution is -2.18. The van der Waals surface area contributed by atoms with Gasteiger partial charge in [0.1, 0.15) is 5.82 Å². The molecule has 0 bridgehead atoms. The Morgan fingerprint density at radius 3 is 2.88 bits per heavy atom. The van der Waals surface area contributed by atoms with Gasteiger partial charge in [-0.05, 0) is 31.0 Å². The molecular formula is C12H17FN2O. The fraction of sp³-hybridized carbons (Fsp3) is 0.417. The van der Waals surface area contributed by atoms with Gasteiger partial charge in [0.05, 0.1) is 0 Å². The van der Waals surface area contributed by atoms with Crippen LogP contribution in [0.4, 0.5) is 10.1 Å². The molecule has 88 valence electrons. The van der Waals surface area contributed by atoms with Crippen molar-refractivity contribution in [1.29, 1.82) is 0 Å². The molecule has 1 aromatic carbocycles. The highest BCUT2D eigenvalue weighted by atomic mass is 19.1. The molecule has 3 nitrogen and oxygen atoms in total. The first kappa shape index (κ1) is 12.5. The van der Waals surface area contributed by atoms with Gasteiger partial charge in [-0.2, -0.15) is 0 Å². The minimum atomic E-state index is -0.251. The summed E-state index contributed by atoms with van der Waals surface area (Å²) in [6.45, 7) is 2.58. The Morgan fingerprint density at radius 2 is 2.19 bits per heavy atom. The average Bonchev–Trinajstić information content (AvgIpc) is 2.28. The number of amides is 1. The number of aryl methyl sites for hydroxylation is 1. The third kappa shape index (κ3) is 3.88. The van der Waals surface area contributed by atoms with Crippen LogP contribution in [0.5, 0.6) is 0 Å². The van der Waals surface area contributed by atoms with Gasteiger partial charge in [-0.25, -0.2) is 4.39 Å². The lowest BCUT2D eigenvalue weighted by molar-refractivity contribution is -0.120. The minimum Gasteiger partial charge on any atom is -0.385 e. The van der Waals surface area contributed by atoms with E-state index in [1.807, 2.05) is 6.92 Å². The van der Waals surface area contributed by atoms with Gasteiger partial charge in [0.25, 0.3) is 0 Å². The van der Waals surface area contributed by atoms with Crippen molar-refractivity contribution in [2.45, 2.75) is 19.8 Å². The maximum atomic E-state index is 12.9. The molecule has 0 saturated carbocycles. The summed E-state index contributed by atoms with van der Waals surface area (Å²) in [6.07, 6.45) is 1.22. The highest BCUT2D eigenvalue weighted by Crippen LogP contribution is 2.15. The van der Waals surface area contributed by atoms with Crippen LogP contribution < -0.4 is 10.6 Å². The van der Waals surface area contributed by atoms with Crippen LogP contribution in [0.3, 0.4) is 0 Å². The van der Waals surface area contributed by atoms with Crippen molar-refractivity contribution in [3.8, 4) is 0 Å². The molecule has 1 rings (SSSR count). The molecule has 2 N–H and O–H groups in total. The fourth-order valence-electron chi connectivity index (χ4n) is 1.38. The molecule has 0 aliphatic carbocycles. The predicted molar refractivity (Wildman–Crippen MR) is 62.9 cm³/mol. The number of halogens is 1. The van der Waals surface area contributed by atoms with Crippen LogP contribution in [0.2, 0.25) is 0 Å². The predicted octanol–water partition coefficient (Wildman–Crippen LogP) is 2.07. The van der Waals surface area contributed by atoms with Gasteiger partial charge >= 0.3 is 0 Å². The summed E-state index contributed by atoms with van der Waals surface area (Å²) < 4.78 is 12.9. The Bertz CT molecular complexity index is 366. The van der Waals surface area contributed by atoms with E-state index in [4.69, 9.17) is 0 Å². The molecule has 4 heteroatoms. The van der Waals surface area contributed by atoms with Crippen molar-refractivity contribution in [2.75, 3.05) is 18.9 Å². The Hall–Kier alpha value is -1.58. The van der Waals surface area contributed by atoms with Crippen molar-refractivity contribution < 1.29 is 9.18 Å². The first-order valence-corrected chi connectivity index (χ1v) is 5.34. The van der Waals surface area contributed by atoms with Gasteiger partial charge in [0.15, 0.2) is 0 Å². The van der Waals surface area contributed by atoms with Gasteiger partial charge in [0.2, 0.25) is 5.91 Å². The number of carbonyl (C=O) groups excluding carboxylic acids is 1. The molecule has 0 spiro atoms. The number of hydrogen-bond acceptors (Lipinski definition) is 2. The van der Waals surface area contributed by atoms with Gasteiger partial charge < -0.3 is 10.6 Å². The fourth-order valence-corrected chi connectivity index (χ4v) is 1.38. The largest absolute Gasteiger partial charge is 0.385 e. The molecule has 0 radical (unpaired) electrons. The second-order valence-corrected chi connectivity index (χ2v) is 3.66. The molecule has 1 aromatic rings. The molecule has 0 unspecified atom stereocenters. The molecule has 0 atom stereocenters. The van der Waals surface area contributed by atoms with E-state index >= 15 is 0 Å². The van der Waals surface area contributed by atoms with E-state index < -0.39 is 0 Å². The zero-order valence-corrected chi connectivity index (χ0v) is 9.64. The average molecular weight is 224 g/mol. The van der Waals surface area contributed by atoms with E-state index in [1.165, 1.54) is 12.1 Å². The van der Waals surface area contributed by atoms with Gasteiger partial charge in [-0.15, -0.1) is 0 Å². The molecule has 0 aromatic heterocycles. The monoisotopic (exact) mass is 224 g/mol. The molecule has 0 aliphatic heterocycles. The Kier molecular flexibility index (Phi) is 4.76. The van der Waals surface area contributed by atoms with E-state index in [0.717, 1.165) is 17.7 Å². The number of hydrogen-bond donors (Lipinski definition) is 2. The maximum Gasteiger partial charge on any atom is 0.219 e. The van der Waals surface area contributed by atoms with E-state index in [0.29, 0.717) is 13.0 Å². The van der Waals surface area contributed by atoms with Crippen molar-refractivity contribution in [2.24, 2.45) is 0 Å². The third-order valence-electron chi connectivity index (χ3n) is 2.37. The summed E-state index contributed by atoms with van der Waals surface area (Å²) in [6, 6.07) is 4.64. The molecule has 0 saturated heterocycles. The smallest absolute Gasteiger partial charge is 0.219 e. The van der Waals surface area contributed by atoms with Crippen molar-refractivity contribution in [3.05, 3.63) is 29.6 Å². The highest BCUT2D eigenvalue weighted by Gasteiger charge is 2.00. The summed E-state index contributed by atoms with van der Waals surface area (Å²) >= 11 is 0. The first-order valence-electron chi connectivity index (χ1n) is 5.34. The summed E-state index contributed by atoms with van der Waals surface area (Å²) in [7, 11) is 1.62. The second kappa shape index (κ2) is 6.10. The van der Waals surface area contributed by atoms with Crippen LogP contribution in [0, 0.1) is 12.7 Å². The van der Waals surface area contributed by atoms with Crippen LogP contribution >= 0.6 is 0 Å². The van der Waals surface area contributed by atoms with Crippen LogP contribution in [-0.4, -0.2) is 19.5 Å². The molecule has 0 fully saturated rings. The summed E-state index contributed by atoms with van der Waals surface area (Å²) in [5.74, 6) is -0.225. The van der Waals surface area contributed by atoms with E-state index in [2.05, 4.69) is 10.6 Å². The van der Waals surface area contributed by atoms with Crippen LogP contribution in [0.1, 0.15) is 18.4 Å². The van der Waals surface area contributed by atoms with Crippen molar-refractivity contribution >= 4 is 11.6 Å². The number of benzene rings is 1. The molecule has 16 heavy (non-hydrogen) atoms. The lowest BCUT2D eigenvalue weighted by Gasteiger charge is -2.09. The lowest BCUT2D eigenvalue weighted by atomic mass is 10.2. The Balaban J connectivity index is 2.37. The maximum absolute atomic E-state index is 12.9. The Morgan fingerprint density at radius 1 is 1.44 bits per heavy atom. The molecule has 1 amide bonds. The zero-order chi connectivity index (χ0) is 12.0. The Labute approximate surface area is 95.0 Å². The molecule has 0 heterocycles. The van der Waals surface area contributed by atoms with Gasteiger partial charge in [-0.3, -0.25) is 4.79 Å². The summed E-state index contributed by atoms with van der Waals surface area (Å²) in [5, 5.41) is 5.67. The van der Waals surface area contributed by atoms with Crippen molar-refractivity contribution in [3.63, 3.8) is 0 Å². The van der Waals surface area contributed by atoms with Gasteiger partial charge in [0, 0.05) is 25.7 Å². The highest BCUT2D eigenvalue weighted by molar-refractivity contribution is 5.75. The SMILES string of the molecule is CNC(=O)CCCNc1cc(F)ccc1C. The van der Waals surface area contributed by atoms with Gasteiger partial charge in [-0.1, -0.05) is 6.07 Å². The standard InChI is InChI=1S/C12H17FN2O/c1-9-5-6-10(13)8-11(9)15-7-3-4-12(16)14-2/h5-6,8,15H,3-4,7H2,1-2H3,(H,14,16). The summed E-state index contributed by atoms with van der Waals surface area (Å²) in [5.41, 5.74) is 1.79. The van der Waals surface area contributed by atoms with E-state index in [-0.39, 0.29) is 11.7 Å². The second-order valence-electron chi connectivity index (χ2n) is 3.66. The molecule has 0 aliphatic rings. The number of rotatable bonds is 5. The van der Waals surface area contributed by atoms with Crippen molar-refractivity contribution in [1.82, 2.24) is 5.32 Å². The van der Waals surface area contributed by atoms with E-state index in [9.17, 15) is 9.18 Å². The minimum absolute atomic E-state index is 0.0257. The third-order valence-corrected chi connectivity index (χ3v) is 2.37. The van der Waals surface area contributed by atoms with E-state index in [1.54, 1.807) is 13.1 Å². The normalized spacial score (nSPS) is 9.94. The topological polar surface area (TPSA) is 41.1 Å².